The van der Waals surface area contributed by atoms with Gasteiger partial charge >= 0.3 is 0 Å². The van der Waals surface area contributed by atoms with Crippen molar-refractivity contribution in [2.24, 2.45) is 0 Å². The van der Waals surface area contributed by atoms with Gasteiger partial charge in [-0.2, -0.15) is 0 Å². The van der Waals surface area contributed by atoms with Crippen LogP contribution in [0.25, 0.3) is 11.3 Å². The van der Waals surface area contributed by atoms with Crippen LogP contribution in [0, 0.1) is 6.92 Å². The van der Waals surface area contributed by atoms with E-state index >= 15 is 0 Å². The Bertz CT molecular complexity index is 980. The number of carbonyl (C=O) groups excluding carboxylic acids is 1. The van der Waals surface area contributed by atoms with Crippen molar-refractivity contribution in [3.8, 4) is 11.3 Å². The number of hydrogen-bond donors (Lipinski definition) is 1. The van der Waals surface area contributed by atoms with Crippen LogP contribution in [0.4, 0.5) is 5.69 Å². The molecule has 138 valence electrons. The predicted molar refractivity (Wildman–Crippen MR) is 101 cm³/mol. The summed E-state index contributed by atoms with van der Waals surface area (Å²) in [6.07, 6.45) is -0.405. The third-order valence-corrected chi connectivity index (χ3v) is 4.59. The Balaban J connectivity index is 1.62. The van der Waals surface area contributed by atoms with E-state index in [1.807, 2.05) is 30.3 Å². The van der Waals surface area contributed by atoms with E-state index in [2.05, 4.69) is 10.5 Å². The van der Waals surface area contributed by atoms with E-state index in [1.165, 1.54) is 0 Å². The number of aromatic nitrogens is 1. The van der Waals surface area contributed by atoms with Crippen molar-refractivity contribution in [3.05, 3.63) is 70.4 Å². The third-order valence-electron chi connectivity index (χ3n) is 4.26. The largest absolute Gasteiger partial charge is 0.360 e. The Kier molecular flexibility index (Phi) is 4.94. The molecule has 1 fully saturated rings. The fraction of sp³-hybridized carbons (Fsp3) is 0.200. The standard InChI is InChI=1S/C20H17ClN2O4/c1-12-17(18(23-27-12)15-7-2-3-8-16(15)21)19(24)22-14-6-4-5-13(11-14)20-25-9-10-26-20/h2-8,11,20H,9-10H2,1H3,(H,22,24). The first kappa shape index (κ1) is 17.7. The van der Waals surface area contributed by atoms with Gasteiger partial charge in [-0.15, -0.1) is 0 Å². The summed E-state index contributed by atoms with van der Waals surface area (Å²) in [5, 5.41) is 7.41. The van der Waals surface area contributed by atoms with Crippen molar-refractivity contribution < 1.29 is 18.8 Å². The maximum atomic E-state index is 12.9. The minimum Gasteiger partial charge on any atom is -0.360 e. The van der Waals surface area contributed by atoms with Crippen molar-refractivity contribution in [2.45, 2.75) is 13.2 Å². The molecule has 1 saturated heterocycles. The number of anilines is 1. The topological polar surface area (TPSA) is 73.6 Å². The summed E-state index contributed by atoms with van der Waals surface area (Å²) in [5.41, 5.74) is 2.87. The smallest absolute Gasteiger partial charge is 0.261 e. The minimum absolute atomic E-state index is 0.325. The Morgan fingerprint density at radius 3 is 2.70 bits per heavy atom. The molecule has 0 bridgehead atoms. The van der Waals surface area contributed by atoms with Gasteiger partial charge in [0.1, 0.15) is 17.0 Å². The van der Waals surface area contributed by atoms with E-state index in [4.69, 9.17) is 25.6 Å². The summed E-state index contributed by atoms with van der Waals surface area (Å²) in [6.45, 7) is 2.81. The Morgan fingerprint density at radius 2 is 1.93 bits per heavy atom. The molecule has 0 saturated carbocycles. The molecular weight excluding hydrogens is 368 g/mol. The van der Waals surface area contributed by atoms with Crippen LogP contribution in [0.3, 0.4) is 0 Å². The highest BCUT2D eigenvalue weighted by molar-refractivity contribution is 6.33. The first-order chi connectivity index (χ1) is 13.1. The number of nitrogens with zero attached hydrogens (tertiary/aromatic N) is 1. The molecule has 6 nitrogen and oxygen atoms in total. The molecule has 0 atom stereocenters. The molecule has 1 amide bonds. The number of carbonyl (C=O) groups is 1. The van der Waals surface area contributed by atoms with Crippen LogP contribution in [0.5, 0.6) is 0 Å². The third kappa shape index (κ3) is 3.60. The summed E-state index contributed by atoms with van der Waals surface area (Å²) in [5.74, 6) is 0.0927. The lowest BCUT2D eigenvalue weighted by molar-refractivity contribution is -0.0440. The first-order valence-corrected chi connectivity index (χ1v) is 8.87. The lowest BCUT2D eigenvalue weighted by atomic mass is 10.1. The highest BCUT2D eigenvalue weighted by Gasteiger charge is 2.24. The van der Waals surface area contributed by atoms with Gasteiger partial charge in [0.2, 0.25) is 0 Å². The highest BCUT2D eigenvalue weighted by Crippen LogP contribution is 2.32. The molecule has 0 unspecified atom stereocenters. The predicted octanol–water partition coefficient (Wildman–Crippen LogP) is 4.60. The van der Waals surface area contributed by atoms with Gasteiger partial charge in [0, 0.05) is 16.8 Å². The van der Waals surface area contributed by atoms with Gasteiger partial charge in [-0.25, -0.2) is 0 Å². The molecule has 27 heavy (non-hydrogen) atoms. The van der Waals surface area contributed by atoms with Gasteiger partial charge in [0.25, 0.3) is 5.91 Å². The van der Waals surface area contributed by atoms with Crippen LogP contribution >= 0.6 is 11.6 Å². The minimum atomic E-state index is -0.405. The normalized spacial score (nSPS) is 14.4. The van der Waals surface area contributed by atoms with E-state index in [9.17, 15) is 4.79 Å². The molecule has 0 radical (unpaired) electrons. The van der Waals surface area contributed by atoms with E-state index in [-0.39, 0.29) is 5.91 Å². The lowest BCUT2D eigenvalue weighted by Crippen LogP contribution is -2.14. The van der Waals surface area contributed by atoms with Crippen molar-refractivity contribution >= 4 is 23.2 Å². The summed E-state index contributed by atoms with van der Waals surface area (Å²) in [6, 6.07) is 14.5. The van der Waals surface area contributed by atoms with Crippen LogP contribution in [0.15, 0.2) is 53.1 Å². The Morgan fingerprint density at radius 1 is 1.15 bits per heavy atom. The molecule has 7 heteroatoms. The number of amides is 1. The van der Waals surface area contributed by atoms with Gasteiger partial charge in [-0.1, -0.05) is 47.1 Å². The van der Waals surface area contributed by atoms with E-state index < -0.39 is 6.29 Å². The van der Waals surface area contributed by atoms with Crippen LogP contribution in [0.2, 0.25) is 5.02 Å². The van der Waals surface area contributed by atoms with Crippen LogP contribution in [-0.2, 0) is 9.47 Å². The van der Waals surface area contributed by atoms with Crippen molar-refractivity contribution in [3.63, 3.8) is 0 Å². The second-order valence-corrected chi connectivity index (χ2v) is 6.50. The van der Waals surface area contributed by atoms with Gasteiger partial charge in [-0.05, 0) is 25.1 Å². The van der Waals surface area contributed by atoms with Gasteiger partial charge < -0.3 is 19.3 Å². The number of halogens is 1. The molecule has 1 aromatic heterocycles. The zero-order valence-electron chi connectivity index (χ0n) is 14.6. The summed E-state index contributed by atoms with van der Waals surface area (Å²) in [4.78, 5) is 12.9. The van der Waals surface area contributed by atoms with Crippen LogP contribution < -0.4 is 5.32 Å². The fourth-order valence-electron chi connectivity index (χ4n) is 2.98. The van der Waals surface area contributed by atoms with Crippen LogP contribution in [-0.4, -0.2) is 24.3 Å². The molecule has 0 spiro atoms. The summed E-state index contributed by atoms with van der Waals surface area (Å²) in [7, 11) is 0. The zero-order valence-corrected chi connectivity index (χ0v) is 15.3. The SMILES string of the molecule is Cc1onc(-c2ccccc2Cl)c1C(=O)Nc1cccc(C2OCCO2)c1. The molecule has 1 aliphatic heterocycles. The van der Waals surface area contributed by atoms with E-state index in [1.54, 1.807) is 25.1 Å². The zero-order chi connectivity index (χ0) is 18.8. The molecule has 0 aliphatic carbocycles. The van der Waals surface area contributed by atoms with Gasteiger partial charge in [0.15, 0.2) is 6.29 Å². The van der Waals surface area contributed by atoms with E-state index in [0.717, 1.165) is 5.56 Å². The number of benzene rings is 2. The number of aryl methyl sites for hydroxylation is 1. The quantitative estimate of drug-likeness (QED) is 0.711. The summed E-state index contributed by atoms with van der Waals surface area (Å²) >= 11 is 6.26. The van der Waals surface area contributed by atoms with Crippen molar-refractivity contribution in [1.29, 1.82) is 0 Å². The molecule has 3 aromatic rings. The molecule has 4 rings (SSSR count). The van der Waals surface area contributed by atoms with Crippen LogP contribution in [0.1, 0.15) is 28.0 Å². The average molecular weight is 385 g/mol. The Labute approximate surface area is 161 Å². The monoisotopic (exact) mass is 384 g/mol. The second-order valence-electron chi connectivity index (χ2n) is 6.10. The maximum Gasteiger partial charge on any atom is 0.261 e. The number of nitrogens with one attached hydrogen (secondary N) is 1. The molecule has 2 aromatic carbocycles. The second kappa shape index (κ2) is 7.52. The number of ether oxygens (including phenoxy) is 2. The van der Waals surface area contributed by atoms with Crippen molar-refractivity contribution in [2.75, 3.05) is 18.5 Å². The fourth-order valence-corrected chi connectivity index (χ4v) is 3.21. The lowest BCUT2D eigenvalue weighted by Gasteiger charge is -2.12. The van der Waals surface area contributed by atoms with Gasteiger partial charge in [0.05, 0.1) is 18.2 Å². The molecule has 2 heterocycles. The highest BCUT2D eigenvalue weighted by atomic mass is 35.5. The maximum absolute atomic E-state index is 12.9. The van der Waals surface area contributed by atoms with Crippen molar-refractivity contribution in [1.82, 2.24) is 5.16 Å². The van der Waals surface area contributed by atoms with Gasteiger partial charge in [-0.3, -0.25) is 4.79 Å². The number of hydrogen-bond acceptors (Lipinski definition) is 5. The number of rotatable bonds is 4. The summed E-state index contributed by atoms with van der Waals surface area (Å²) < 4.78 is 16.3. The molecule has 1 N–H and O–H groups in total. The first-order valence-electron chi connectivity index (χ1n) is 8.49. The molecular formula is C20H17ClN2O4. The molecule has 1 aliphatic rings. The average Bonchev–Trinajstić information content (AvgIpc) is 3.32. The van der Waals surface area contributed by atoms with E-state index in [0.29, 0.717) is 46.5 Å². The Hall–Kier alpha value is -2.67.